The van der Waals surface area contributed by atoms with E-state index < -0.39 is 119 Å². The number of hydrogen-bond donors (Lipinski definition) is 8. The third kappa shape index (κ3) is 8.29. The molecular weight excluding hydrogens is 937 g/mol. The number of nitrogens with two attached hydrogens (primary N) is 1. The number of halogens is 3. The minimum atomic E-state index is -5.32. The number of rotatable bonds is 15. The standard InChI is InChI=1S/C50H52F3N4O12P/c1-27-31-23-24-32(41(60)36(31)42(61)37-35(27)43(62)39-40(57(2)3)44(63)38(47(54)66)46(65)49(39,68)45(37)64)56-34(59)26-55-33(58)22-14-7-15-25-70(28-16-8-4-9-17-28,29-18-10-5-11-19-29,30-20-12-6-13-21-30)69-48(67)50(51,52)53/h4-6,8-13,16-21,23-24,27,35,39-40,43,60-62,65,68H,7,14-15,22,25-26H2,1-3H3,(H2,54,66)(H,55,58)(H,56,59)/t27-,35+,39+,40-,43-,49-/m0/s1. The minimum Gasteiger partial charge on any atom is -0.508 e. The number of carbonyl (C=O) groups excluding carboxylic acids is 6. The summed E-state index contributed by atoms with van der Waals surface area (Å²) in [6, 6.07) is 26.2. The molecule has 9 N–H and O–H groups in total. The molecule has 1 fully saturated rings. The summed E-state index contributed by atoms with van der Waals surface area (Å²) < 4.78 is 48.6. The van der Waals surface area contributed by atoms with Crippen LogP contribution in [0.15, 0.2) is 120 Å². The Morgan fingerprint density at radius 3 is 1.86 bits per heavy atom. The Morgan fingerprint density at radius 1 is 0.814 bits per heavy atom. The van der Waals surface area contributed by atoms with E-state index in [1.807, 2.05) is 0 Å². The Bertz CT molecular complexity index is 2730. The number of phenolic OH excluding ortho intramolecular Hbond substituents is 1. The van der Waals surface area contributed by atoms with Crippen molar-refractivity contribution in [3.8, 4) is 5.75 Å². The number of hydrogen-bond acceptors (Lipinski definition) is 13. The molecule has 3 aliphatic rings. The number of nitrogens with zero attached hydrogens (tertiary/aromatic N) is 1. The van der Waals surface area contributed by atoms with Crippen LogP contribution in [0.5, 0.6) is 5.75 Å². The molecule has 0 aromatic heterocycles. The molecule has 3 amide bonds. The van der Waals surface area contributed by atoms with E-state index >= 15 is 0 Å². The monoisotopic (exact) mass is 988 g/mol. The molecule has 0 unspecified atom stereocenters. The summed E-state index contributed by atoms with van der Waals surface area (Å²) in [6.07, 6.45) is -6.54. The van der Waals surface area contributed by atoms with Crippen LogP contribution in [0.25, 0.3) is 5.76 Å². The normalized spacial score (nSPS) is 22.8. The first-order valence-corrected chi connectivity index (χ1v) is 24.6. The number of aliphatic hydroxyl groups is 4. The third-order valence-corrected chi connectivity index (χ3v) is 19.7. The van der Waals surface area contributed by atoms with Crippen LogP contribution < -0.4 is 32.3 Å². The van der Waals surface area contributed by atoms with Crippen molar-refractivity contribution in [2.75, 3.05) is 32.1 Å². The van der Waals surface area contributed by atoms with Gasteiger partial charge in [-0.25, -0.2) is 0 Å². The van der Waals surface area contributed by atoms with Crippen LogP contribution in [0, 0.1) is 11.8 Å². The fourth-order valence-electron chi connectivity index (χ4n) is 10.6. The van der Waals surface area contributed by atoms with E-state index in [-0.39, 0.29) is 42.2 Å². The molecule has 3 aliphatic carbocycles. The van der Waals surface area contributed by atoms with Gasteiger partial charge < -0.3 is 31.3 Å². The Balaban J connectivity index is 1.06. The summed E-state index contributed by atoms with van der Waals surface area (Å²) in [4.78, 5) is 80.6. The number of carbonyl (C=O) groups is 6. The fraction of sp³-hybridized carbons (Fsp3) is 0.320. The molecule has 4 aromatic carbocycles. The quantitative estimate of drug-likeness (QED) is 0.0367. The Hall–Kier alpha value is -6.92. The number of unbranched alkanes of at least 4 members (excludes halogenated alkanes) is 2. The number of amides is 3. The Labute approximate surface area is 399 Å². The van der Waals surface area contributed by atoms with Gasteiger partial charge in [-0.1, -0.05) is 13.0 Å². The number of fused-ring (bicyclic) bond motifs is 3. The number of Topliss-reactive ketones (excluding diaryl/α,β-unsaturated/α-hetero) is 2. The second-order valence-corrected chi connectivity index (χ2v) is 22.5. The van der Waals surface area contributed by atoms with Gasteiger partial charge in [0.2, 0.25) is 5.78 Å². The van der Waals surface area contributed by atoms with E-state index in [2.05, 4.69) is 10.6 Å². The smallest absolute Gasteiger partial charge is 0.508 e. The van der Waals surface area contributed by atoms with E-state index in [1.165, 1.54) is 31.1 Å². The predicted molar refractivity (Wildman–Crippen MR) is 253 cm³/mol. The average Bonchev–Trinajstić information content (AvgIpc) is 3.32. The van der Waals surface area contributed by atoms with Gasteiger partial charge in [-0.15, -0.1) is 0 Å². The number of ketones is 2. The second kappa shape index (κ2) is 19.1. The Kier molecular flexibility index (Phi) is 13.9. The molecule has 0 radical (unpaired) electrons. The van der Waals surface area contributed by atoms with Crippen molar-refractivity contribution in [2.45, 2.75) is 62.4 Å². The van der Waals surface area contributed by atoms with Crippen molar-refractivity contribution in [1.82, 2.24) is 10.2 Å². The number of alkyl halides is 3. The first kappa shape index (κ1) is 50.9. The molecular formula is C50H52F3N4O12P. The molecule has 6 atom stereocenters. The van der Waals surface area contributed by atoms with Crippen LogP contribution in [0.4, 0.5) is 18.9 Å². The van der Waals surface area contributed by atoms with Crippen molar-refractivity contribution in [3.05, 3.63) is 131 Å². The topological polar surface area (TPSA) is 266 Å². The molecule has 0 aliphatic heterocycles. The zero-order valence-corrected chi connectivity index (χ0v) is 39.0. The van der Waals surface area contributed by atoms with Gasteiger partial charge >= 0.3 is 236 Å². The zero-order chi connectivity index (χ0) is 51.1. The Morgan fingerprint density at radius 2 is 1.36 bits per heavy atom. The van der Waals surface area contributed by atoms with Crippen LogP contribution in [0.2, 0.25) is 0 Å². The number of nitrogens with one attached hydrogen (secondary N) is 2. The van der Waals surface area contributed by atoms with Crippen LogP contribution in [0.1, 0.15) is 49.7 Å². The van der Waals surface area contributed by atoms with E-state index in [9.17, 15) is 67.5 Å². The zero-order valence-electron chi connectivity index (χ0n) is 38.1. The maximum atomic E-state index is 14.3. The van der Waals surface area contributed by atoms with E-state index in [0.29, 0.717) is 22.3 Å². The SMILES string of the molecule is C[C@H]1c2ccc(NC(=O)CNC(=O)CCCCCP(OC(=O)C(F)(F)F)(c3ccccc3)(c3ccccc3)c3ccccc3)c(O)c2C(O)=C2C(=O)[C@]3(O)C(O)=C(C(N)=O)C(=O)[C@@H](N(C)C)[C@@H]3[C@@H](O)[C@@H]21. The van der Waals surface area contributed by atoms with Gasteiger partial charge in [0, 0.05) is 11.5 Å². The molecule has 0 heterocycles. The first-order chi connectivity index (χ1) is 33.0. The number of phenols is 1. The summed E-state index contributed by atoms with van der Waals surface area (Å²) in [5.74, 6) is -14.5. The molecule has 1 saturated carbocycles. The van der Waals surface area contributed by atoms with E-state index in [4.69, 9.17) is 10.3 Å². The average molecular weight is 989 g/mol. The van der Waals surface area contributed by atoms with Crippen LogP contribution in [-0.2, 0) is 33.3 Å². The summed E-state index contributed by atoms with van der Waals surface area (Å²) in [6.45, 7) is -3.77. The predicted octanol–water partition coefficient (Wildman–Crippen LogP) is 3.66. The van der Waals surface area contributed by atoms with Crippen molar-refractivity contribution >= 4 is 69.4 Å². The van der Waals surface area contributed by atoms with Gasteiger partial charge in [0.15, 0.2) is 11.4 Å². The molecule has 370 valence electrons. The summed E-state index contributed by atoms with van der Waals surface area (Å²) >= 11 is 0. The molecule has 20 heteroatoms. The van der Waals surface area contributed by atoms with Crippen molar-refractivity contribution in [1.29, 1.82) is 0 Å². The minimum absolute atomic E-state index is 0.0325. The molecule has 0 bridgehead atoms. The molecule has 16 nitrogen and oxygen atoms in total. The fourth-order valence-corrected chi connectivity index (χ4v) is 16.3. The molecule has 70 heavy (non-hydrogen) atoms. The third-order valence-electron chi connectivity index (χ3n) is 13.8. The van der Waals surface area contributed by atoms with Crippen LogP contribution in [0.3, 0.4) is 0 Å². The molecule has 4 aromatic rings. The van der Waals surface area contributed by atoms with Gasteiger partial charge in [0.25, 0.3) is 5.91 Å². The second-order valence-electron chi connectivity index (χ2n) is 17.9. The van der Waals surface area contributed by atoms with Crippen molar-refractivity contribution < 1.29 is 72.0 Å². The van der Waals surface area contributed by atoms with Crippen LogP contribution >= 0.6 is 6.83 Å². The van der Waals surface area contributed by atoms with Crippen LogP contribution in [-0.4, -0.2) is 116 Å². The van der Waals surface area contributed by atoms with Gasteiger partial charge in [-0.3, -0.25) is 19.3 Å². The number of aromatic hydroxyl groups is 1. The van der Waals surface area contributed by atoms with Crippen molar-refractivity contribution in [2.24, 2.45) is 17.6 Å². The van der Waals surface area contributed by atoms with Gasteiger partial charge in [-0.2, -0.15) is 0 Å². The van der Waals surface area contributed by atoms with Crippen molar-refractivity contribution in [3.63, 3.8) is 0 Å². The molecule has 7 rings (SSSR count). The van der Waals surface area contributed by atoms with Gasteiger partial charge in [0.05, 0.1) is 23.6 Å². The van der Waals surface area contributed by atoms with E-state index in [0.717, 1.165) is 0 Å². The summed E-state index contributed by atoms with van der Waals surface area (Å²) in [7, 11) is 2.79. The van der Waals surface area contributed by atoms with Gasteiger partial charge in [0.1, 0.15) is 17.1 Å². The first-order valence-electron chi connectivity index (χ1n) is 22.3. The number of likely N-dealkylation sites (N-methyl/N-ethyl adjacent to an activating group) is 1. The summed E-state index contributed by atoms with van der Waals surface area (Å²) in [5.41, 5.74) is 0.167. The van der Waals surface area contributed by atoms with Gasteiger partial charge in [-0.05, 0) is 25.6 Å². The van der Waals surface area contributed by atoms with E-state index in [1.54, 1.807) is 97.9 Å². The maximum absolute atomic E-state index is 14.3. The molecule has 0 spiro atoms. The summed E-state index contributed by atoms with van der Waals surface area (Å²) in [5, 5.41) is 64.2. The number of benzene rings is 4. The number of anilines is 1. The number of aliphatic hydroxyl groups excluding tert-OH is 3. The number of primary amides is 1. The molecule has 0 saturated heterocycles.